The Bertz CT molecular complexity index is 1230. The number of benzene rings is 3. The lowest BCUT2D eigenvalue weighted by atomic mass is 10.1. The molecule has 32 heavy (non-hydrogen) atoms. The van der Waals surface area contributed by atoms with E-state index in [0.717, 1.165) is 29.6 Å². The number of amides is 1. The summed E-state index contributed by atoms with van der Waals surface area (Å²) in [7, 11) is 0. The number of nitrogens with zero attached hydrogens (tertiary/aromatic N) is 1. The van der Waals surface area contributed by atoms with Crippen molar-refractivity contribution < 1.29 is 9.53 Å². The van der Waals surface area contributed by atoms with Crippen LogP contribution in [0, 0.1) is 25.4 Å². The van der Waals surface area contributed by atoms with E-state index in [4.69, 9.17) is 27.9 Å². The minimum atomic E-state index is -0.452. The summed E-state index contributed by atoms with van der Waals surface area (Å²) in [4.78, 5) is 12.6. The minimum Gasteiger partial charge on any atom is -0.487 e. The fourth-order valence-electron chi connectivity index (χ4n) is 2.80. The van der Waals surface area contributed by atoms with Gasteiger partial charge in [-0.1, -0.05) is 47.5 Å². The number of hydrogen-bond acceptors (Lipinski definition) is 3. The van der Waals surface area contributed by atoms with Crippen LogP contribution in [0.15, 0.2) is 60.2 Å². The summed E-state index contributed by atoms with van der Waals surface area (Å²) in [6, 6.07) is 18.5. The summed E-state index contributed by atoms with van der Waals surface area (Å²) < 4.78 is 7.71. The molecule has 0 bridgehead atoms. The fraction of sp³-hybridized carbons (Fsp3) is 0.0833. The van der Waals surface area contributed by atoms with E-state index >= 15 is 0 Å². The average molecular weight is 689 g/mol. The van der Waals surface area contributed by atoms with Crippen molar-refractivity contribution in [1.29, 1.82) is 5.26 Å². The number of carbonyl (C=O) groups is 1. The van der Waals surface area contributed by atoms with Crippen molar-refractivity contribution in [3.63, 3.8) is 0 Å². The van der Waals surface area contributed by atoms with Gasteiger partial charge in [-0.25, -0.2) is 0 Å². The van der Waals surface area contributed by atoms with Crippen LogP contribution in [-0.4, -0.2) is 5.91 Å². The van der Waals surface area contributed by atoms with Gasteiger partial charge in [-0.3, -0.25) is 4.79 Å². The first-order valence-corrected chi connectivity index (χ1v) is 12.2. The number of halogens is 4. The molecule has 1 N–H and O–H groups in total. The molecular formula is C24H16Cl2I2N2O2. The van der Waals surface area contributed by atoms with Crippen LogP contribution in [0.25, 0.3) is 6.08 Å². The Hall–Kier alpha value is -1.80. The maximum absolute atomic E-state index is 12.6. The molecule has 0 aliphatic heterocycles. The van der Waals surface area contributed by atoms with Crippen LogP contribution >= 0.6 is 68.4 Å². The summed E-state index contributed by atoms with van der Waals surface area (Å²) >= 11 is 16.4. The number of carbonyl (C=O) groups excluding carboxylic acids is 1. The lowest BCUT2D eigenvalue weighted by Crippen LogP contribution is -2.14. The van der Waals surface area contributed by atoms with Crippen molar-refractivity contribution in [2.45, 2.75) is 13.5 Å². The van der Waals surface area contributed by atoms with E-state index in [1.54, 1.807) is 24.3 Å². The van der Waals surface area contributed by atoms with E-state index in [9.17, 15) is 10.1 Å². The van der Waals surface area contributed by atoms with Gasteiger partial charge in [-0.2, -0.15) is 5.26 Å². The van der Waals surface area contributed by atoms with Crippen molar-refractivity contribution in [2.24, 2.45) is 0 Å². The topological polar surface area (TPSA) is 62.1 Å². The normalized spacial score (nSPS) is 11.1. The summed E-state index contributed by atoms with van der Waals surface area (Å²) in [6.07, 6.45) is 1.57. The Kier molecular flexibility index (Phi) is 8.82. The molecule has 1 amide bonds. The number of ether oxygens (including phenoxy) is 1. The molecule has 8 heteroatoms. The van der Waals surface area contributed by atoms with E-state index in [1.807, 2.05) is 49.4 Å². The molecule has 0 spiro atoms. The van der Waals surface area contributed by atoms with E-state index < -0.39 is 5.91 Å². The van der Waals surface area contributed by atoms with Crippen molar-refractivity contribution in [3.8, 4) is 11.8 Å². The van der Waals surface area contributed by atoms with Crippen LogP contribution in [-0.2, 0) is 11.4 Å². The molecule has 0 saturated carbocycles. The number of anilines is 1. The summed E-state index contributed by atoms with van der Waals surface area (Å²) in [6.45, 7) is 2.23. The quantitative estimate of drug-likeness (QED) is 0.165. The third-order valence-corrected chi connectivity index (χ3v) is 6.80. The van der Waals surface area contributed by atoms with Gasteiger partial charge in [-0.05, 0) is 105 Å². The van der Waals surface area contributed by atoms with Crippen LogP contribution < -0.4 is 10.1 Å². The van der Waals surface area contributed by atoms with Gasteiger partial charge >= 0.3 is 0 Å². The maximum Gasteiger partial charge on any atom is 0.266 e. The zero-order valence-electron chi connectivity index (χ0n) is 16.8. The van der Waals surface area contributed by atoms with Crippen molar-refractivity contribution in [1.82, 2.24) is 0 Å². The molecule has 3 rings (SSSR count). The lowest BCUT2D eigenvalue weighted by molar-refractivity contribution is -0.112. The SMILES string of the molecule is Cc1ccccc1NC(=O)/C(C#N)=C/c1cc(I)c(OCc2ccc(Cl)c(Cl)c2)c(I)c1. The summed E-state index contributed by atoms with van der Waals surface area (Å²) in [5.41, 5.74) is 3.25. The molecule has 0 saturated heterocycles. The fourth-order valence-corrected chi connectivity index (χ4v) is 5.25. The Labute approximate surface area is 223 Å². The molecule has 0 fully saturated rings. The third-order valence-electron chi connectivity index (χ3n) is 4.46. The predicted octanol–water partition coefficient (Wildman–Crippen LogP) is 7.64. The number of nitrogens with one attached hydrogen (secondary N) is 1. The van der Waals surface area contributed by atoms with Gasteiger partial charge in [-0.15, -0.1) is 0 Å². The molecule has 0 aliphatic carbocycles. The minimum absolute atomic E-state index is 0.0179. The first-order chi connectivity index (χ1) is 15.3. The highest BCUT2D eigenvalue weighted by Gasteiger charge is 2.13. The Morgan fingerprint density at radius 3 is 2.41 bits per heavy atom. The summed E-state index contributed by atoms with van der Waals surface area (Å²) in [5.74, 6) is 0.268. The second-order valence-electron chi connectivity index (χ2n) is 6.79. The van der Waals surface area contributed by atoms with E-state index in [1.165, 1.54) is 0 Å². The van der Waals surface area contributed by atoms with Gasteiger partial charge in [0.25, 0.3) is 5.91 Å². The van der Waals surface area contributed by atoms with Gasteiger partial charge in [0.2, 0.25) is 0 Å². The molecule has 162 valence electrons. The molecule has 0 heterocycles. The monoisotopic (exact) mass is 688 g/mol. The zero-order chi connectivity index (χ0) is 23.3. The van der Waals surface area contributed by atoms with Gasteiger partial charge in [0.1, 0.15) is 24.0 Å². The number of nitriles is 1. The second-order valence-corrected chi connectivity index (χ2v) is 9.93. The number of aryl methyl sites for hydroxylation is 1. The Morgan fingerprint density at radius 2 is 1.78 bits per heavy atom. The lowest BCUT2D eigenvalue weighted by Gasteiger charge is -2.12. The maximum atomic E-state index is 12.6. The smallest absolute Gasteiger partial charge is 0.266 e. The highest BCUT2D eigenvalue weighted by Crippen LogP contribution is 2.31. The molecule has 0 atom stereocenters. The van der Waals surface area contributed by atoms with Gasteiger partial charge in [0, 0.05) is 5.69 Å². The van der Waals surface area contributed by atoms with Crippen LogP contribution in [0.3, 0.4) is 0 Å². The van der Waals surface area contributed by atoms with E-state index in [-0.39, 0.29) is 5.57 Å². The molecule has 4 nitrogen and oxygen atoms in total. The highest BCUT2D eigenvalue weighted by atomic mass is 127. The van der Waals surface area contributed by atoms with Crippen LogP contribution in [0.4, 0.5) is 5.69 Å². The molecule has 0 unspecified atom stereocenters. The Balaban J connectivity index is 1.78. The number of hydrogen-bond donors (Lipinski definition) is 1. The van der Waals surface area contributed by atoms with E-state index in [2.05, 4.69) is 50.5 Å². The third kappa shape index (κ3) is 6.38. The number of para-hydroxylation sites is 1. The highest BCUT2D eigenvalue weighted by molar-refractivity contribution is 14.1. The molecular weight excluding hydrogens is 673 g/mol. The second kappa shape index (κ2) is 11.4. The van der Waals surface area contributed by atoms with Gasteiger partial charge < -0.3 is 10.1 Å². The zero-order valence-corrected chi connectivity index (χ0v) is 22.6. The van der Waals surface area contributed by atoms with E-state index in [0.29, 0.717) is 22.3 Å². The molecule has 3 aromatic rings. The van der Waals surface area contributed by atoms with Crippen LogP contribution in [0.5, 0.6) is 5.75 Å². The molecule has 0 radical (unpaired) electrons. The van der Waals surface area contributed by atoms with Gasteiger partial charge in [0.15, 0.2) is 0 Å². The number of rotatable bonds is 6. The first-order valence-electron chi connectivity index (χ1n) is 9.33. The average Bonchev–Trinajstić information content (AvgIpc) is 2.75. The largest absolute Gasteiger partial charge is 0.487 e. The standard InChI is InChI=1S/C24H16Cl2I2N2O2/c1-14-4-2-3-5-22(14)30-24(31)17(12-29)8-16-10-20(27)23(21(28)11-16)32-13-15-6-7-18(25)19(26)9-15/h2-11H,13H2,1H3,(H,30,31)/b17-8+. The molecule has 0 aromatic heterocycles. The van der Waals surface area contributed by atoms with Crippen LogP contribution in [0.2, 0.25) is 10.0 Å². The molecule has 0 aliphatic rings. The van der Waals surface area contributed by atoms with Crippen molar-refractivity contribution >= 4 is 86.1 Å². The van der Waals surface area contributed by atoms with Gasteiger partial charge in [0.05, 0.1) is 17.2 Å². The van der Waals surface area contributed by atoms with Crippen LogP contribution in [0.1, 0.15) is 16.7 Å². The predicted molar refractivity (Wildman–Crippen MR) is 146 cm³/mol. The van der Waals surface area contributed by atoms with Crippen molar-refractivity contribution in [3.05, 3.63) is 94.0 Å². The summed E-state index contributed by atoms with van der Waals surface area (Å²) in [5, 5.41) is 13.3. The first kappa shape index (κ1) is 24.8. The van der Waals surface area contributed by atoms with Crippen molar-refractivity contribution in [2.75, 3.05) is 5.32 Å². The molecule has 3 aromatic carbocycles. The Morgan fingerprint density at radius 1 is 1.09 bits per heavy atom.